The van der Waals surface area contributed by atoms with Crippen molar-refractivity contribution in [3.8, 4) is 11.1 Å². The Hall–Kier alpha value is -2.56. The molecule has 0 aliphatic carbocycles. The Kier molecular flexibility index (Phi) is 5.57. The van der Waals surface area contributed by atoms with Crippen LogP contribution in [0, 0.1) is 0 Å². The topological polar surface area (TPSA) is 75.2 Å². The van der Waals surface area contributed by atoms with E-state index < -0.39 is 0 Å². The van der Waals surface area contributed by atoms with Crippen molar-refractivity contribution in [3.05, 3.63) is 46.6 Å². The fourth-order valence-corrected chi connectivity index (χ4v) is 2.48. The monoisotopic (exact) mass is 311 g/mol. The van der Waals surface area contributed by atoms with Gasteiger partial charge >= 0.3 is 0 Å². The Bertz CT molecular complexity index is 777. The van der Waals surface area contributed by atoms with Gasteiger partial charge in [0.05, 0.1) is 0 Å². The van der Waals surface area contributed by atoms with E-state index in [4.69, 9.17) is 0 Å². The standard InChI is InChI=1S/C18H21N3O2/c1-4-5-16-15(14-6-8-19-9-7-14)11-17(18(23)21-16)20-12(2)10-13(3)22/h6-9,11H,4-5,10H2,1-3H3,(H,21,23). The van der Waals surface area contributed by atoms with Crippen LogP contribution < -0.4 is 5.56 Å². The van der Waals surface area contributed by atoms with Crippen LogP contribution in [0.4, 0.5) is 5.69 Å². The van der Waals surface area contributed by atoms with E-state index in [0.717, 1.165) is 29.7 Å². The number of carbonyl (C=O) groups is 1. The smallest absolute Gasteiger partial charge is 0.274 e. The molecule has 23 heavy (non-hydrogen) atoms. The number of hydrogen-bond acceptors (Lipinski definition) is 4. The molecule has 2 aromatic rings. The molecule has 0 saturated carbocycles. The maximum Gasteiger partial charge on any atom is 0.274 e. The lowest BCUT2D eigenvalue weighted by molar-refractivity contribution is -0.115. The lowest BCUT2D eigenvalue weighted by Gasteiger charge is -2.10. The van der Waals surface area contributed by atoms with Crippen LogP contribution in [0.5, 0.6) is 0 Å². The highest BCUT2D eigenvalue weighted by molar-refractivity contribution is 6.00. The van der Waals surface area contributed by atoms with E-state index in [1.165, 1.54) is 6.92 Å². The summed E-state index contributed by atoms with van der Waals surface area (Å²) in [6.07, 6.45) is 5.41. The molecule has 0 aromatic carbocycles. The summed E-state index contributed by atoms with van der Waals surface area (Å²) in [6, 6.07) is 5.61. The van der Waals surface area contributed by atoms with Gasteiger partial charge < -0.3 is 4.98 Å². The lowest BCUT2D eigenvalue weighted by Crippen LogP contribution is -2.11. The quantitative estimate of drug-likeness (QED) is 0.830. The highest BCUT2D eigenvalue weighted by Gasteiger charge is 2.10. The summed E-state index contributed by atoms with van der Waals surface area (Å²) in [6.45, 7) is 5.33. The van der Waals surface area contributed by atoms with Gasteiger partial charge in [0, 0.05) is 35.8 Å². The van der Waals surface area contributed by atoms with E-state index in [9.17, 15) is 9.59 Å². The number of hydrogen-bond donors (Lipinski definition) is 1. The molecule has 0 saturated heterocycles. The van der Waals surface area contributed by atoms with Gasteiger partial charge in [-0.15, -0.1) is 0 Å². The molecule has 5 nitrogen and oxygen atoms in total. The van der Waals surface area contributed by atoms with Gasteiger partial charge in [0.1, 0.15) is 11.5 Å². The van der Waals surface area contributed by atoms with Crippen molar-refractivity contribution >= 4 is 17.2 Å². The minimum atomic E-state index is -0.228. The molecule has 0 fully saturated rings. The van der Waals surface area contributed by atoms with Gasteiger partial charge in [0.2, 0.25) is 0 Å². The number of nitrogens with one attached hydrogen (secondary N) is 1. The molecule has 5 heteroatoms. The highest BCUT2D eigenvalue weighted by atomic mass is 16.1. The van der Waals surface area contributed by atoms with Gasteiger partial charge in [-0.25, -0.2) is 0 Å². The number of H-pyrrole nitrogens is 1. The fourth-order valence-electron chi connectivity index (χ4n) is 2.48. The number of carbonyl (C=O) groups excluding carboxylic acids is 1. The molecule has 2 heterocycles. The zero-order valence-corrected chi connectivity index (χ0v) is 13.7. The first-order chi connectivity index (χ1) is 11.0. The van der Waals surface area contributed by atoms with Crippen LogP contribution >= 0.6 is 0 Å². The molecular weight excluding hydrogens is 290 g/mol. The van der Waals surface area contributed by atoms with E-state index in [-0.39, 0.29) is 17.8 Å². The lowest BCUT2D eigenvalue weighted by atomic mass is 10.0. The van der Waals surface area contributed by atoms with Crippen LogP contribution in [0.25, 0.3) is 11.1 Å². The summed E-state index contributed by atoms with van der Waals surface area (Å²) in [7, 11) is 0. The third kappa shape index (κ3) is 4.45. The van der Waals surface area contributed by atoms with Crippen molar-refractivity contribution in [2.75, 3.05) is 0 Å². The zero-order valence-electron chi connectivity index (χ0n) is 13.7. The summed E-state index contributed by atoms with van der Waals surface area (Å²) in [5.74, 6) is 0.0274. The van der Waals surface area contributed by atoms with Crippen LogP contribution in [0.1, 0.15) is 39.3 Å². The summed E-state index contributed by atoms with van der Waals surface area (Å²) < 4.78 is 0. The third-order valence-electron chi connectivity index (χ3n) is 3.41. The molecule has 0 aliphatic rings. The minimum absolute atomic E-state index is 0.0274. The molecule has 0 aliphatic heterocycles. The van der Waals surface area contributed by atoms with Crippen LogP contribution in [0.3, 0.4) is 0 Å². The highest BCUT2D eigenvalue weighted by Crippen LogP contribution is 2.25. The number of Topliss-reactive ketones (excluding diaryl/α,β-unsaturated/α-hetero) is 1. The van der Waals surface area contributed by atoms with Crippen molar-refractivity contribution in [2.24, 2.45) is 4.99 Å². The Morgan fingerprint density at radius 1 is 1.26 bits per heavy atom. The van der Waals surface area contributed by atoms with Crippen LogP contribution in [0.15, 0.2) is 40.4 Å². The second kappa shape index (κ2) is 7.63. The molecule has 0 radical (unpaired) electrons. The first kappa shape index (κ1) is 16.8. The van der Waals surface area contributed by atoms with E-state index in [2.05, 4.69) is 21.9 Å². The minimum Gasteiger partial charge on any atom is -0.324 e. The summed E-state index contributed by atoms with van der Waals surface area (Å²) in [5, 5.41) is 0. The molecule has 1 N–H and O–H groups in total. The first-order valence-electron chi connectivity index (χ1n) is 7.71. The average Bonchev–Trinajstić information content (AvgIpc) is 2.50. The first-order valence-corrected chi connectivity index (χ1v) is 7.71. The fraction of sp³-hybridized carbons (Fsp3) is 0.333. The van der Waals surface area contributed by atoms with Crippen LogP contribution in [-0.2, 0) is 11.2 Å². The molecule has 0 amide bonds. The maximum atomic E-state index is 12.3. The number of aryl methyl sites for hydroxylation is 1. The summed E-state index contributed by atoms with van der Waals surface area (Å²) in [5.41, 5.74) is 3.56. The van der Waals surface area contributed by atoms with E-state index in [1.54, 1.807) is 25.4 Å². The number of aromatic amines is 1. The Morgan fingerprint density at radius 2 is 1.96 bits per heavy atom. The van der Waals surface area contributed by atoms with Gasteiger partial charge in [-0.05, 0) is 44.0 Å². The van der Waals surface area contributed by atoms with E-state index in [0.29, 0.717) is 11.4 Å². The second-order valence-electron chi connectivity index (χ2n) is 5.59. The molecule has 0 unspecified atom stereocenters. The Balaban J connectivity index is 2.54. The number of pyridine rings is 2. The molecule has 0 bridgehead atoms. The molecule has 2 aromatic heterocycles. The van der Waals surface area contributed by atoms with Gasteiger partial charge in [0.15, 0.2) is 0 Å². The molecular formula is C18H21N3O2. The number of nitrogens with zero attached hydrogens (tertiary/aromatic N) is 2. The van der Waals surface area contributed by atoms with Gasteiger partial charge in [-0.3, -0.25) is 19.6 Å². The number of ketones is 1. The predicted molar refractivity (Wildman–Crippen MR) is 92.4 cm³/mol. The third-order valence-corrected chi connectivity index (χ3v) is 3.41. The van der Waals surface area contributed by atoms with Crippen molar-refractivity contribution in [2.45, 2.75) is 40.0 Å². The van der Waals surface area contributed by atoms with Crippen molar-refractivity contribution in [1.82, 2.24) is 9.97 Å². The van der Waals surface area contributed by atoms with Crippen molar-refractivity contribution in [3.63, 3.8) is 0 Å². The molecule has 0 spiro atoms. The normalized spacial score (nSPS) is 11.5. The number of rotatable bonds is 6. The molecule has 120 valence electrons. The zero-order chi connectivity index (χ0) is 16.8. The number of aromatic nitrogens is 2. The molecule has 0 atom stereocenters. The van der Waals surface area contributed by atoms with Crippen molar-refractivity contribution < 1.29 is 4.79 Å². The van der Waals surface area contributed by atoms with Gasteiger partial charge in [-0.2, -0.15) is 0 Å². The van der Waals surface area contributed by atoms with Crippen LogP contribution in [-0.4, -0.2) is 21.5 Å². The van der Waals surface area contributed by atoms with E-state index >= 15 is 0 Å². The summed E-state index contributed by atoms with van der Waals surface area (Å²) in [4.78, 5) is 34.7. The Labute approximate surface area is 135 Å². The van der Waals surface area contributed by atoms with Gasteiger partial charge in [0.25, 0.3) is 5.56 Å². The predicted octanol–water partition coefficient (Wildman–Crippen LogP) is 3.46. The molecule has 2 rings (SSSR count). The van der Waals surface area contributed by atoms with E-state index in [1.807, 2.05) is 12.1 Å². The Morgan fingerprint density at radius 3 is 2.57 bits per heavy atom. The number of aliphatic imine (C=N–C) groups is 1. The average molecular weight is 311 g/mol. The second-order valence-corrected chi connectivity index (χ2v) is 5.59. The maximum absolute atomic E-state index is 12.3. The SMILES string of the molecule is CCCc1[nH]c(=O)c(N=C(C)CC(C)=O)cc1-c1ccncc1. The van der Waals surface area contributed by atoms with Crippen molar-refractivity contribution in [1.29, 1.82) is 0 Å². The van der Waals surface area contributed by atoms with Crippen LogP contribution in [0.2, 0.25) is 0 Å². The largest absolute Gasteiger partial charge is 0.324 e. The summed E-state index contributed by atoms with van der Waals surface area (Å²) >= 11 is 0. The van der Waals surface area contributed by atoms with Gasteiger partial charge in [-0.1, -0.05) is 13.3 Å².